The van der Waals surface area contributed by atoms with Crippen LogP contribution in [0.5, 0.6) is 5.75 Å². The highest BCUT2D eigenvalue weighted by Gasteiger charge is 2.32. The normalized spacial score (nSPS) is 15.5. The van der Waals surface area contributed by atoms with E-state index in [4.69, 9.17) is 4.74 Å². The van der Waals surface area contributed by atoms with Gasteiger partial charge >= 0.3 is 0 Å². The summed E-state index contributed by atoms with van der Waals surface area (Å²) < 4.78 is 33.8. The van der Waals surface area contributed by atoms with Gasteiger partial charge in [0, 0.05) is 35.9 Å². The van der Waals surface area contributed by atoms with Gasteiger partial charge in [-0.15, -0.1) is 22.7 Å². The van der Waals surface area contributed by atoms with Crippen molar-refractivity contribution in [3.05, 3.63) is 45.8 Å². The highest BCUT2D eigenvalue weighted by atomic mass is 32.2. The Morgan fingerprint density at radius 2 is 1.70 bits per heavy atom. The molecular weight excluding hydrogens is 438 g/mol. The minimum Gasteiger partial charge on any atom is -0.495 e. The number of hydrogen-bond acceptors (Lipinski definition) is 7. The molecule has 1 aliphatic rings. The zero-order chi connectivity index (χ0) is 21.5. The van der Waals surface area contributed by atoms with Gasteiger partial charge in [-0.1, -0.05) is 12.1 Å². The van der Waals surface area contributed by atoms with E-state index >= 15 is 0 Å². The van der Waals surface area contributed by atoms with Gasteiger partial charge in [-0.2, -0.15) is 4.31 Å². The third-order valence-electron chi connectivity index (χ3n) is 5.39. The van der Waals surface area contributed by atoms with Crippen LogP contribution < -0.4 is 9.64 Å². The Balaban J connectivity index is 1.54. The largest absolute Gasteiger partial charge is 0.495 e. The van der Waals surface area contributed by atoms with Crippen LogP contribution in [-0.4, -0.2) is 51.0 Å². The molecule has 0 radical (unpaired) electrons. The Morgan fingerprint density at radius 1 is 1.00 bits per heavy atom. The lowest BCUT2D eigenvalue weighted by Gasteiger charge is -2.35. The summed E-state index contributed by atoms with van der Waals surface area (Å²) in [5.74, 6) is 0.807. The summed E-state index contributed by atoms with van der Waals surface area (Å²) in [6.45, 7) is 8.03. The Hall–Kier alpha value is -1.94. The van der Waals surface area contributed by atoms with Crippen molar-refractivity contribution in [2.45, 2.75) is 25.7 Å². The number of para-hydroxylation sites is 2. The summed E-state index contributed by atoms with van der Waals surface area (Å²) >= 11 is 3.11. The van der Waals surface area contributed by atoms with Gasteiger partial charge in [-0.3, -0.25) is 0 Å². The van der Waals surface area contributed by atoms with Crippen molar-refractivity contribution in [3.63, 3.8) is 0 Å². The van der Waals surface area contributed by atoms with Crippen LogP contribution >= 0.6 is 22.7 Å². The number of methoxy groups -OCH3 is 1. The van der Waals surface area contributed by atoms with E-state index in [0.29, 0.717) is 31.1 Å². The SMILES string of the molecule is COc1ccccc1N1CCN(S(=O)(=O)c2cc(-c3nc(C)c(C)s3)sc2C)CC1. The smallest absolute Gasteiger partial charge is 0.244 e. The van der Waals surface area contributed by atoms with E-state index < -0.39 is 10.0 Å². The zero-order valence-corrected chi connectivity index (χ0v) is 20.0. The minimum atomic E-state index is -3.54. The molecule has 0 saturated carbocycles. The van der Waals surface area contributed by atoms with Gasteiger partial charge in [0.2, 0.25) is 10.0 Å². The average Bonchev–Trinajstić information content (AvgIpc) is 3.30. The summed E-state index contributed by atoms with van der Waals surface area (Å²) in [7, 11) is -1.89. The first-order valence-corrected chi connectivity index (χ1v) is 12.8. The standard InChI is InChI=1S/C21H25N3O3S3/c1-14-15(2)29-21(22-14)19-13-20(16(3)28-19)30(25,26)24-11-9-23(10-12-24)17-7-5-6-8-18(17)27-4/h5-8,13H,9-12H2,1-4H3. The number of thiophene rings is 1. The van der Waals surface area contributed by atoms with E-state index in [2.05, 4.69) is 9.88 Å². The number of nitrogens with zero attached hydrogens (tertiary/aromatic N) is 3. The molecule has 30 heavy (non-hydrogen) atoms. The Bertz CT molecular complexity index is 1140. The number of thiazole rings is 1. The maximum Gasteiger partial charge on any atom is 0.244 e. The van der Waals surface area contributed by atoms with Crippen molar-refractivity contribution in [1.29, 1.82) is 0 Å². The van der Waals surface area contributed by atoms with Crippen LogP contribution in [0.15, 0.2) is 35.2 Å². The van der Waals surface area contributed by atoms with E-state index in [0.717, 1.165) is 36.8 Å². The number of rotatable bonds is 5. The van der Waals surface area contributed by atoms with Gasteiger partial charge in [0.05, 0.1) is 28.3 Å². The van der Waals surface area contributed by atoms with Gasteiger partial charge < -0.3 is 9.64 Å². The molecule has 0 bridgehead atoms. The van der Waals surface area contributed by atoms with E-state index in [1.807, 2.05) is 45.0 Å². The number of ether oxygens (including phenoxy) is 1. The van der Waals surface area contributed by atoms with Crippen LogP contribution in [0.25, 0.3) is 9.88 Å². The molecule has 6 nitrogen and oxygen atoms in total. The number of benzene rings is 1. The van der Waals surface area contributed by atoms with Crippen molar-refractivity contribution in [3.8, 4) is 15.6 Å². The summed E-state index contributed by atoms with van der Waals surface area (Å²) in [6, 6.07) is 9.64. The monoisotopic (exact) mass is 463 g/mol. The third kappa shape index (κ3) is 3.87. The van der Waals surface area contributed by atoms with Crippen LogP contribution in [0, 0.1) is 20.8 Å². The number of aromatic nitrogens is 1. The number of hydrogen-bond donors (Lipinski definition) is 0. The maximum atomic E-state index is 13.4. The van der Waals surface area contributed by atoms with E-state index in [9.17, 15) is 8.42 Å². The Kier molecular flexibility index (Phi) is 5.89. The second-order valence-electron chi connectivity index (χ2n) is 7.25. The second-order valence-corrected chi connectivity index (χ2v) is 11.6. The number of anilines is 1. The molecule has 1 fully saturated rings. The first-order chi connectivity index (χ1) is 14.3. The minimum absolute atomic E-state index is 0.402. The fourth-order valence-electron chi connectivity index (χ4n) is 3.60. The summed E-state index contributed by atoms with van der Waals surface area (Å²) in [5, 5.41) is 0.889. The predicted molar refractivity (Wildman–Crippen MR) is 124 cm³/mol. The Labute approximate surface area is 185 Å². The maximum absolute atomic E-state index is 13.4. The van der Waals surface area contributed by atoms with Gasteiger partial charge in [0.25, 0.3) is 0 Å². The fraction of sp³-hybridized carbons (Fsp3) is 0.381. The van der Waals surface area contributed by atoms with Crippen LogP contribution in [0.4, 0.5) is 5.69 Å². The van der Waals surface area contributed by atoms with E-state index in [-0.39, 0.29) is 0 Å². The van der Waals surface area contributed by atoms with Crippen molar-refractivity contribution < 1.29 is 13.2 Å². The van der Waals surface area contributed by atoms with Gasteiger partial charge in [-0.05, 0) is 39.0 Å². The molecule has 9 heteroatoms. The molecule has 1 aliphatic heterocycles. The molecule has 1 saturated heterocycles. The van der Waals surface area contributed by atoms with Gasteiger partial charge in [0.15, 0.2) is 0 Å². The van der Waals surface area contributed by atoms with Gasteiger partial charge in [-0.25, -0.2) is 13.4 Å². The molecule has 0 spiro atoms. The first-order valence-electron chi connectivity index (χ1n) is 9.74. The highest BCUT2D eigenvalue weighted by molar-refractivity contribution is 7.89. The molecule has 160 valence electrons. The zero-order valence-electron chi connectivity index (χ0n) is 17.5. The van der Waals surface area contributed by atoms with Gasteiger partial charge in [0.1, 0.15) is 10.8 Å². The molecule has 1 aromatic carbocycles. The van der Waals surface area contributed by atoms with Crippen LogP contribution in [0.2, 0.25) is 0 Å². The lowest BCUT2D eigenvalue weighted by atomic mass is 10.2. The summed E-state index contributed by atoms with van der Waals surface area (Å²) in [6.07, 6.45) is 0. The van der Waals surface area contributed by atoms with Crippen LogP contribution in [0.3, 0.4) is 0 Å². The molecule has 0 N–H and O–H groups in total. The van der Waals surface area contributed by atoms with Crippen molar-refractivity contribution in [2.75, 3.05) is 38.2 Å². The number of sulfonamides is 1. The summed E-state index contributed by atoms with van der Waals surface area (Å²) in [5.41, 5.74) is 2.00. The predicted octanol–water partition coefficient (Wildman–Crippen LogP) is 4.32. The van der Waals surface area contributed by atoms with Crippen LogP contribution in [-0.2, 0) is 10.0 Å². The molecule has 0 unspecified atom stereocenters. The molecule has 3 aromatic rings. The van der Waals surface area contributed by atoms with E-state index in [1.165, 1.54) is 11.3 Å². The van der Waals surface area contributed by atoms with Crippen LogP contribution in [0.1, 0.15) is 15.4 Å². The van der Waals surface area contributed by atoms with E-state index in [1.54, 1.807) is 28.8 Å². The molecular formula is C21H25N3O3S3. The quantitative estimate of drug-likeness (QED) is 0.564. The molecule has 3 heterocycles. The topological polar surface area (TPSA) is 62.7 Å². The molecule has 2 aromatic heterocycles. The van der Waals surface area contributed by atoms with Crippen molar-refractivity contribution >= 4 is 38.4 Å². The average molecular weight is 464 g/mol. The molecule has 0 atom stereocenters. The fourth-order valence-corrected chi connectivity index (χ4v) is 7.55. The molecule has 0 amide bonds. The highest BCUT2D eigenvalue weighted by Crippen LogP contribution is 2.38. The molecule has 0 aliphatic carbocycles. The summed E-state index contributed by atoms with van der Waals surface area (Å²) in [4.78, 5) is 10.1. The van der Waals surface area contributed by atoms with Crippen molar-refractivity contribution in [1.82, 2.24) is 9.29 Å². The first kappa shape index (κ1) is 21.3. The second kappa shape index (κ2) is 8.30. The number of piperazine rings is 1. The number of aryl methyl sites for hydroxylation is 3. The lowest BCUT2D eigenvalue weighted by Crippen LogP contribution is -2.48. The third-order valence-corrected chi connectivity index (χ3v) is 9.84. The lowest BCUT2D eigenvalue weighted by molar-refractivity contribution is 0.378. The van der Waals surface area contributed by atoms with Crippen molar-refractivity contribution in [2.24, 2.45) is 0 Å². The Morgan fingerprint density at radius 3 is 2.33 bits per heavy atom. The molecule has 4 rings (SSSR count).